The van der Waals surface area contributed by atoms with Crippen molar-refractivity contribution in [2.24, 2.45) is 5.92 Å². The van der Waals surface area contributed by atoms with Crippen LogP contribution in [0.15, 0.2) is 20.1 Å². The second-order valence-electron chi connectivity index (χ2n) is 5.27. The number of hydrogen-bond donors (Lipinski definition) is 0. The number of nitrogens with zero attached hydrogens (tertiary/aromatic N) is 2. The molecule has 1 amide bonds. The molecule has 0 N–H and O–H groups in total. The standard InChI is InChI=1S/C14H21BrN2O3S2/c1-3-16(4-2)14(18)11-6-5-9-17(10-11)22(19,20)13-8-7-12(15)21-13/h7-8,11H,3-6,9-10H2,1-2H3/t11-/m1/s1. The minimum atomic E-state index is -3.50. The first-order valence-corrected chi connectivity index (χ1v) is 10.5. The zero-order chi connectivity index (χ0) is 16.3. The lowest BCUT2D eigenvalue weighted by Crippen LogP contribution is -2.46. The van der Waals surface area contributed by atoms with Gasteiger partial charge in [-0.3, -0.25) is 4.79 Å². The zero-order valence-electron chi connectivity index (χ0n) is 12.8. The van der Waals surface area contributed by atoms with Crippen LogP contribution in [0.4, 0.5) is 0 Å². The zero-order valence-corrected chi connectivity index (χ0v) is 16.0. The lowest BCUT2D eigenvalue weighted by Gasteiger charge is -2.33. The second kappa shape index (κ2) is 7.42. The van der Waals surface area contributed by atoms with Crippen LogP contribution in [-0.2, 0) is 14.8 Å². The monoisotopic (exact) mass is 408 g/mol. The van der Waals surface area contributed by atoms with E-state index in [-0.39, 0.29) is 18.4 Å². The Morgan fingerprint density at radius 2 is 2.09 bits per heavy atom. The number of amides is 1. The van der Waals surface area contributed by atoms with Gasteiger partial charge in [-0.25, -0.2) is 8.42 Å². The summed E-state index contributed by atoms with van der Waals surface area (Å²) >= 11 is 4.50. The highest BCUT2D eigenvalue weighted by Crippen LogP contribution is 2.31. The van der Waals surface area contributed by atoms with E-state index in [9.17, 15) is 13.2 Å². The van der Waals surface area contributed by atoms with Crippen LogP contribution < -0.4 is 0 Å². The van der Waals surface area contributed by atoms with E-state index in [1.54, 1.807) is 17.0 Å². The van der Waals surface area contributed by atoms with Crippen LogP contribution in [0.1, 0.15) is 26.7 Å². The number of carbonyl (C=O) groups excluding carboxylic acids is 1. The molecule has 1 aliphatic heterocycles. The summed E-state index contributed by atoms with van der Waals surface area (Å²) in [5.41, 5.74) is 0. The maximum absolute atomic E-state index is 12.7. The van der Waals surface area contributed by atoms with Gasteiger partial charge in [-0.15, -0.1) is 11.3 Å². The Bertz CT molecular complexity index is 626. The third kappa shape index (κ3) is 3.72. The number of hydrogen-bond acceptors (Lipinski definition) is 4. The summed E-state index contributed by atoms with van der Waals surface area (Å²) < 4.78 is 27.9. The molecule has 1 aromatic heterocycles. The number of piperidine rings is 1. The average molecular weight is 409 g/mol. The molecule has 2 rings (SSSR count). The molecule has 0 bridgehead atoms. The predicted molar refractivity (Wildman–Crippen MR) is 91.4 cm³/mol. The first kappa shape index (κ1) is 17.9. The van der Waals surface area contributed by atoms with Gasteiger partial charge < -0.3 is 4.90 Å². The van der Waals surface area contributed by atoms with E-state index in [1.807, 2.05) is 13.8 Å². The van der Waals surface area contributed by atoms with Gasteiger partial charge in [-0.1, -0.05) is 0 Å². The Labute approximate surface area is 144 Å². The third-order valence-electron chi connectivity index (χ3n) is 3.95. The van der Waals surface area contributed by atoms with Crippen molar-refractivity contribution in [3.63, 3.8) is 0 Å². The highest BCUT2D eigenvalue weighted by molar-refractivity contribution is 9.11. The van der Waals surface area contributed by atoms with E-state index in [4.69, 9.17) is 0 Å². The van der Waals surface area contributed by atoms with E-state index in [1.165, 1.54) is 15.6 Å². The summed E-state index contributed by atoms with van der Waals surface area (Å²) in [6.45, 7) is 5.99. The second-order valence-corrected chi connectivity index (χ2v) is 9.90. The Hall–Kier alpha value is -0.440. The van der Waals surface area contributed by atoms with Gasteiger partial charge in [0.25, 0.3) is 10.0 Å². The fraction of sp³-hybridized carbons (Fsp3) is 0.643. The molecule has 1 atom stereocenters. The van der Waals surface area contributed by atoms with Gasteiger partial charge in [-0.05, 0) is 54.8 Å². The number of thiophene rings is 1. The van der Waals surface area contributed by atoms with Crippen molar-refractivity contribution < 1.29 is 13.2 Å². The van der Waals surface area contributed by atoms with Crippen LogP contribution in [0.3, 0.4) is 0 Å². The number of halogens is 1. The van der Waals surface area contributed by atoms with Crippen LogP contribution in [0.5, 0.6) is 0 Å². The molecule has 1 saturated heterocycles. The fourth-order valence-corrected chi connectivity index (χ4v) is 6.41. The van der Waals surface area contributed by atoms with Crippen molar-refractivity contribution in [3.8, 4) is 0 Å². The number of rotatable bonds is 5. The van der Waals surface area contributed by atoms with E-state index in [0.29, 0.717) is 23.8 Å². The Balaban J connectivity index is 2.15. The van der Waals surface area contributed by atoms with Crippen molar-refractivity contribution in [1.29, 1.82) is 0 Å². The van der Waals surface area contributed by atoms with Crippen LogP contribution in [0.25, 0.3) is 0 Å². The average Bonchev–Trinajstić information content (AvgIpc) is 2.96. The normalized spacial score (nSPS) is 20.0. The quantitative estimate of drug-likeness (QED) is 0.752. The third-order valence-corrected chi connectivity index (χ3v) is 7.91. The molecule has 0 aliphatic carbocycles. The van der Waals surface area contributed by atoms with Crippen molar-refractivity contribution in [3.05, 3.63) is 15.9 Å². The minimum absolute atomic E-state index is 0.0669. The van der Waals surface area contributed by atoms with Crippen molar-refractivity contribution >= 4 is 43.2 Å². The van der Waals surface area contributed by atoms with E-state index < -0.39 is 10.0 Å². The summed E-state index contributed by atoms with van der Waals surface area (Å²) in [6.07, 6.45) is 1.49. The summed E-state index contributed by atoms with van der Waals surface area (Å²) in [4.78, 5) is 14.3. The Morgan fingerprint density at radius 3 is 2.64 bits per heavy atom. The SMILES string of the molecule is CCN(CC)C(=O)[C@@H]1CCCN(S(=O)(=O)c2ccc(Br)s2)C1. The summed E-state index contributed by atoms with van der Waals surface area (Å²) in [5.74, 6) is -0.163. The molecule has 0 unspecified atom stereocenters. The lowest BCUT2D eigenvalue weighted by atomic mass is 9.98. The topological polar surface area (TPSA) is 57.7 Å². The van der Waals surface area contributed by atoms with E-state index >= 15 is 0 Å². The number of carbonyl (C=O) groups is 1. The first-order chi connectivity index (χ1) is 10.4. The summed E-state index contributed by atoms with van der Waals surface area (Å²) in [7, 11) is -3.50. The molecule has 0 aromatic carbocycles. The van der Waals surface area contributed by atoms with E-state index in [2.05, 4.69) is 15.9 Å². The predicted octanol–water partition coefficient (Wildman–Crippen LogP) is 2.78. The molecule has 2 heterocycles. The molecule has 1 fully saturated rings. The highest BCUT2D eigenvalue weighted by atomic mass is 79.9. The van der Waals surface area contributed by atoms with E-state index in [0.717, 1.165) is 16.6 Å². The molecular formula is C14H21BrN2O3S2. The van der Waals surface area contributed by atoms with Gasteiger partial charge in [0.1, 0.15) is 4.21 Å². The van der Waals surface area contributed by atoms with Gasteiger partial charge in [-0.2, -0.15) is 4.31 Å². The van der Waals surface area contributed by atoms with Crippen molar-refractivity contribution in [2.75, 3.05) is 26.2 Å². The molecule has 0 saturated carbocycles. The summed E-state index contributed by atoms with van der Waals surface area (Å²) in [6, 6.07) is 3.35. The smallest absolute Gasteiger partial charge is 0.252 e. The summed E-state index contributed by atoms with van der Waals surface area (Å²) in [5, 5.41) is 0. The first-order valence-electron chi connectivity index (χ1n) is 7.44. The fourth-order valence-electron chi connectivity index (χ4n) is 2.72. The lowest BCUT2D eigenvalue weighted by molar-refractivity contribution is -0.136. The van der Waals surface area contributed by atoms with Crippen LogP contribution in [-0.4, -0.2) is 49.7 Å². The highest BCUT2D eigenvalue weighted by Gasteiger charge is 2.35. The van der Waals surface area contributed by atoms with Crippen LogP contribution >= 0.6 is 27.3 Å². The van der Waals surface area contributed by atoms with Gasteiger partial charge in [0, 0.05) is 26.2 Å². The minimum Gasteiger partial charge on any atom is -0.343 e. The molecule has 5 nitrogen and oxygen atoms in total. The molecule has 0 spiro atoms. The maximum Gasteiger partial charge on any atom is 0.252 e. The molecule has 1 aliphatic rings. The van der Waals surface area contributed by atoms with Gasteiger partial charge in [0.05, 0.1) is 9.70 Å². The molecule has 124 valence electrons. The van der Waals surface area contributed by atoms with Crippen LogP contribution in [0, 0.1) is 5.92 Å². The molecular weight excluding hydrogens is 388 g/mol. The van der Waals surface area contributed by atoms with Crippen molar-refractivity contribution in [1.82, 2.24) is 9.21 Å². The van der Waals surface area contributed by atoms with Gasteiger partial charge in [0.2, 0.25) is 5.91 Å². The number of sulfonamides is 1. The van der Waals surface area contributed by atoms with Gasteiger partial charge in [0.15, 0.2) is 0 Å². The molecule has 8 heteroatoms. The Kier molecular flexibility index (Phi) is 6.04. The van der Waals surface area contributed by atoms with Crippen LogP contribution in [0.2, 0.25) is 0 Å². The Morgan fingerprint density at radius 1 is 1.41 bits per heavy atom. The molecule has 22 heavy (non-hydrogen) atoms. The molecule has 1 aromatic rings. The van der Waals surface area contributed by atoms with Gasteiger partial charge >= 0.3 is 0 Å². The maximum atomic E-state index is 12.7. The van der Waals surface area contributed by atoms with Crippen molar-refractivity contribution in [2.45, 2.75) is 30.9 Å². The largest absolute Gasteiger partial charge is 0.343 e. The molecule has 0 radical (unpaired) electrons.